The molecule has 0 aliphatic rings. The standard InChI is InChI=1S/C18H20N4OS/c1-13(2)15-16(24-18(21-15)22-11-5-6-12-22)17(23)20-10-8-14-7-3-4-9-19-14/h3-7,9,11-13H,8,10H2,1-2H3,(H,20,23). The molecule has 0 aromatic carbocycles. The number of hydrogen-bond acceptors (Lipinski definition) is 4. The van der Waals surface area contributed by atoms with Crippen molar-refractivity contribution in [3.63, 3.8) is 0 Å². The SMILES string of the molecule is CC(C)c1nc(-n2cccc2)sc1C(=O)NCCc1ccccn1. The summed E-state index contributed by atoms with van der Waals surface area (Å²) >= 11 is 1.42. The Labute approximate surface area is 145 Å². The van der Waals surface area contributed by atoms with E-state index in [0.29, 0.717) is 17.8 Å². The van der Waals surface area contributed by atoms with Gasteiger partial charge in [-0.2, -0.15) is 0 Å². The number of aromatic nitrogens is 3. The van der Waals surface area contributed by atoms with Gasteiger partial charge in [0.25, 0.3) is 5.91 Å². The molecule has 5 nitrogen and oxygen atoms in total. The highest BCUT2D eigenvalue weighted by atomic mass is 32.1. The maximum Gasteiger partial charge on any atom is 0.263 e. The highest BCUT2D eigenvalue weighted by molar-refractivity contribution is 7.16. The number of thiazole rings is 1. The molecule has 1 N–H and O–H groups in total. The van der Waals surface area contributed by atoms with Gasteiger partial charge in [0.15, 0.2) is 5.13 Å². The molecule has 3 aromatic heterocycles. The second-order valence-corrected chi connectivity index (χ2v) is 6.76. The molecule has 6 heteroatoms. The Morgan fingerprint density at radius 1 is 1.25 bits per heavy atom. The summed E-state index contributed by atoms with van der Waals surface area (Å²) in [4.78, 5) is 22.2. The summed E-state index contributed by atoms with van der Waals surface area (Å²) < 4.78 is 1.93. The second kappa shape index (κ2) is 7.40. The van der Waals surface area contributed by atoms with Crippen molar-refractivity contribution in [3.8, 4) is 5.13 Å². The van der Waals surface area contributed by atoms with E-state index in [4.69, 9.17) is 0 Å². The molecule has 24 heavy (non-hydrogen) atoms. The zero-order chi connectivity index (χ0) is 16.9. The first-order valence-electron chi connectivity index (χ1n) is 7.97. The number of carbonyl (C=O) groups excluding carboxylic acids is 1. The van der Waals surface area contributed by atoms with Crippen LogP contribution in [0.3, 0.4) is 0 Å². The fourth-order valence-corrected chi connectivity index (χ4v) is 3.48. The Morgan fingerprint density at radius 2 is 2.04 bits per heavy atom. The molecule has 1 amide bonds. The van der Waals surface area contributed by atoms with E-state index in [9.17, 15) is 4.79 Å². The summed E-state index contributed by atoms with van der Waals surface area (Å²) in [7, 11) is 0. The molecule has 124 valence electrons. The van der Waals surface area contributed by atoms with Crippen LogP contribution in [0.4, 0.5) is 0 Å². The van der Waals surface area contributed by atoms with E-state index in [2.05, 4.69) is 29.1 Å². The Hall–Kier alpha value is -2.47. The van der Waals surface area contributed by atoms with Crippen molar-refractivity contribution in [2.45, 2.75) is 26.2 Å². The van der Waals surface area contributed by atoms with E-state index in [1.807, 2.05) is 47.3 Å². The van der Waals surface area contributed by atoms with Crippen LogP contribution in [-0.4, -0.2) is 27.0 Å². The van der Waals surface area contributed by atoms with Gasteiger partial charge in [-0.05, 0) is 30.2 Å². The van der Waals surface area contributed by atoms with Crippen molar-refractivity contribution in [2.75, 3.05) is 6.54 Å². The first-order valence-corrected chi connectivity index (χ1v) is 8.79. The van der Waals surface area contributed by atoms with Crippen molar-refractivity contribution in [1.82, 2.24) is 19.9 Å². The molecule has 0 atom stereocenters. The van der Waals surface area contributed by atoms with E-state index in [1.165, 1.54) is 11.3 Å². The molecule has 0 aliphatic heterocycles. The minimum atomic E-state index is -0.0643. The van der Waals surface area contributed by atoms with Gasteiger partial charge < -0.3 is 9.88 Å². The zero-order valence-corrected chi connectivity index (χ0v) is 14.6. The lowest BCUT2D eigenvalue weighted by atomic mass is 10.1. The predicted octanol–water partition coefficient (Wildman–Crippen LogP) is 3.42. The van der Waals surface area contributed by atoms with Gasteiger partial charge in [0.05, 0.1) is 5.69 Å². The van der Waals surface area contributed by atoms with Gasteiger partial charge in [-0.25, -0.2) is 4.98 Å². The Bertz CT molecular complexity index is 794. The molecule has 0 bridgehead atoms. The molecule has 0 saturated carbocycles. The van der Waals surface area contributed by atoms with Crippen LogP contribution in [0, 0.1) is 0 Å². The third kappa shape index (κ3) is 3.71. The van der Waals surface area contributed by atoms with Gasteiger partial charge in [-0.3, -0.25) is 9.78 Å². The highest BCUT2D eigenvalue weighted by Crippen LogP contribution is 2.27. The van der Waals surface area contributed by atoms with Crippen LogP contribution in [0.5, 0.6) is 0 Å². The Balaban J connectivity index is 1.71. The van der Waals surface area contributed by atoms with Crippen LogP contribution in [0.15, 0.2) is 48.9 Å². The van der Waals surface area contributed by atoms with Crippen LogP contribution in [0.25, 0.3) is 5.13 Å². The molecular formula is C18H20N4OS. The van der Waals surface area contributed by atoms with Gasteiger partial charge in [0, 0.05) is 37.3 Å². The van der Waals surface area contributed by atoms with E-state index in [-0.39, 0.29) is 11.8 Å². The summed E-state index contributed by atoms with van der Waals surface area (Å²) in [5, 5.41) is 3.80. The van der Waals surface area contributed by atoms with E-state index < -0.39 is 0 Å². The number of rotatable bonds is 6. The minimum absolute atomic E-state index is 0.0643. The molecule has 0 radical (unpaired) electrons. The lowest BCUT2D eigenvalue weighted by Crippen LogP contribution is -2.26. The summed E-state index contributed by atoms with van der Waals surface area (Å²) in [6.45, 7) is 4.67. The number of hydrogen-bond donors (Lipinski definition) is 1. The first kappa shape index (κ1) is 16.4. The fraction of sp³-hybridized carbons (Fsp3) is 0.278. The number of nitrogens with zero attached hydrogens (tertiary/aromatic N) is 3. The van der Waals surface area contributed by atoms with Gasteiger partial charge >= 0.3 is 0 Å². The quantitative estimate of drug-likeness (QED) is 0.748. The lowest BCUT2D eigenvalue weighted by Gasteiger charge is -2.06. The van der Waals surface area contributed by atoms with Crippen LogP contribution < -0.4 is 5.32 Å². The fourth-order valence-electron chi connectivity index (χ4n) is 2.38. The topological polar surface area (TPSA) is 59.8 Å². The monoisotopic (exact) mass is 340 g/mol. The van der Waals surface area contributed by atoms with Crippen LogP contribution in [0.1, 0.15) is 40.8 Å². The van der Waals surface area contributed by atoms with Crippen molar-refractivity contribution in [3.05, 3.63) is 65.2 Å². The van der Waals surface area contributed by atoms with Crippen LogP contribution >= 0.6 is 11.3 Å². The molecule has 0 saturated heterocycles. The Kier molecular flexibility index (Phi) is 5.05. The number of nitrogens with one attached hydrogen (secondary N) is 1. The molecule has 3 heterocycles. The van der Waals surface area contributed by atoms with Gasteiger partial charge in [-0.15, -0.1) is 0 Å². The predicted molar refractivity (Wildman–Crippen MR) is 95.8 cm³/mol. The van der Waals surface area contributed by atoms with E-state index in [0.717, 1.165) is 16.5 Å². The first-order chi connectivity index (χ1) is 11.6. The average molecular weight is 340 g/mol. The molecule has 0 spiro atoms. The maximum atomic E-state index is 12.6. The summed E-state index contributed by atoms with van der Waals surface area (Å²) in [6, 6.07) is 9.69. The van der Waals surface area contributed by atoms with Crippen molar-refractivity contribution in [2.24, 2.45) is 0 Å². The Morgan fingerprint density at radius 3 is 2.71 bits per heavy atom. The summed E-state index contributed by atoms with van der Waals surface area (Å²) in [5.41, 5.74) is 1.82. The van der Waals surface area contributed by atoms with E-state index in [1.54, 1.807) is 6.20 Å². The van der Waals surface area contributed by atoms with E-state index >= 15 is 0 Å². The largest absolute Gasteiger partial charge is 0.351 e. The smallest absolute Gasteiger partial charge is 0.263 e. The van der Waals surface area contributed by atoms with Gasteiger partial charge in [-0.1, -0.05) is 31.3 Å². The normalized spacial score (nSPS) is 11.0. The van der Waals surface area contributed by atoms with Gasteiger partial charge in [0.2, 0.25) is 0 Å². The molecular weight excluding hydrogens is 320 g/mol. The number of pyridine rings is 1. The number of amides is 1. The second-order valence-electron chi connectivity index (χ2n) is 5.78. The lowest BCUT2D eigenvalue weighted by molar-refractivity contribution is 0.0956. The zero-order valence-electron chi connectivity index (χ0n) is 13.8. The third-order valence-corrected chi connectivity index (χ3v) is 4.70. The molecule has 0 aliphatic carbocycles. The van der Waals surface area contributed by atoms with Crippen molar-refractivity contribution in [1.29, 1.82) is 0 Å². The maximum absolute atomic E-state index is 12.6. The van der Waals surface area contributed by atoms with Crippen molar-refractivity contribution < 1.29 is 4.79 Å². The summed E-state index contributed by atoms with van der Waals surface area (Å²) in [6.07, 6.45) is 6.35. The minimum Gasteiger partial charge on any atom is -0.351 e. The molecule has 0 unspecified atom stereocenters. The molecule has 3 aromatic rings. The molecule has 0 fully saturated rings. The number of carbonyl (C=O) groups is 1. The third-order valence-electron chi connectivity index (χ3n) is 3.61. The van der Waals surface area contributed by atoms with Gasteiger partial charge in [0.1, 0.15) is 4.88 Å². The van der Waals surface area contributed by atoms with Crippen LogP contribution in [0.2, 0.25) is 0 Å². The molecule has 3 rings (SSSR count). The highest BCUT2D eigenvalue weighted by Gasteiger charge is 2.20. The van der Waals surface area contributed by atoms with Crippen molar-refractivity contribution >= 4 is 17.2 Å². The summed E-state index contributed by atoms with van der Waals surface area (Å²) in [5.74, 6) is 0.132. The average Bonchev–Trinajstić information content (AvgIpc) is 3.25. The van der Waals surface area contributed by atoms with Crippen LogP contribution in [-0.2, 0) is 6.42 Å².